The number of thiocarbonyl (C=S) groups is 1. The Hall–Kier alpha value is -3.42. The number of amides is 2. The number of rotatable bonds is 6. The number of nitrogens with one attached hydrogen (secondary N) is 1. The Morgan fingerprint density at radius 1 is 0.970 bits per heavy atom. The summed E-state index contributed by atoms with van der Waals surface area (Å²) in [4.78, 5) is 27.1. The van der Waals surface area contributed by atoms with Crippen molar-refractivity contribution in [2.75, 3.05) is 16.8 Å². The van der Waals surface area contributed by atoms with Gasteiger partial charge in [0.2, 0.25) is 0 Å². The van der Waals surface area contributed by atoms with Crippen molar-refractivity contribution in [3.63, 3.8) is 0 Å². The zero-order chi connectivity index (χ0) is 23.4. The first-order valence-electron chi connectivity index (χ1n) is 10.3. The smallest absolute Gasteiger partial charge is 0.270 e. The maximum atomic E-state index is 12.9. The van der Waals surface area contributed by atoms with Crippen LogP contribution >= 0.6 is 24.0 Å². The molecule has 3 aromatic carbocycles. The summed E-state index contributed by atoms with van der Waals surface area (Å²) in [6.07, 6.45) is 1.81. The van der Waals surface area contributed by atoms with Crippen molar-refractivity contribution >= 4 is 57.6 Å². The molecule has 166 valence electrons. The Morgan fingerprint density at radius 2 is 1.58 bits per heavy atom. The van der Waals surface area contributed by atoms with E-state index < -0.39 is 0 Å². The first-order valence-corrected chi connectivity index (χ1v) is 11.6. The molecule has 2 amide bonds. The highest BCUT2D eigenvalue weighted by Gasteiger charge is 2.33. The van der Waals surface area contributed by atoms with Crippen molar-refractivity contribution < 1.29 is 14.3 Å². The molecular formula is C26H22N2O3S2. The molecule has 1 aliphatic heterocycles. The van der Waals surface area contributed by atoms with E-state index in [1.54, 1.807) is 23.1 Å². The third kappa shape index (κ3) is 5.69. The van der Waals surface area contributed by atoms with E-state index in [1.807, 2.05) is 74.5 Å². The van der Waals surface area contributed by atoms with E-state index in [2.05, 4.69) is 5.32 Å². The molecular weight excluding hydrogens is 452 g/mol. The Morgan fingerprint density at radius 3 is 2.21 bits per heavy atom. The normalized spacial score (nSPS) is 14.6. The number of carbonyl (C=O) groups excluding carboxylic acids is 2. The van der Waals surface area contributed by atoms with Gasteiger partial charge in [-0.1, -0.05) is 71.5 Å². The molecule has 0 atom stereocenters. The largest absolute Gasteiger partial charge is 0.484 e. The third-order valence-electron chi connectivity index (χ3n) is 4.97. The van der Waals surface area contributed by atoms with E-state index in [4.69, 9.17) is 17.0 Å². The van der Waals surface area contributed by atoms with Crippen LogP contribution in [0.15, 0.2) is 77.7 Å². The molecule has 1 aliphatic rings. The molecule has 1 fully saturated rings. The Balaban J connectivity index is 1.36. The van der Waals surface area contributed by atoms with E-state index in [9.17, 15) is 9.59 Å². The lowest BCUT2D eigenvalue weighted by Crippen LogP contribution is -2.27. The molecule has 4 rings (SSSR count). The highest BCUT2D eigenvalue weighted by molar-refractivity contribution is 8.27. The van der Waals surface area contributed by atoms with Gasteiger partial charge in [0, 0.05) is 5.69 Å². The summed E-state index contributed by atoms with van der Waals surface area (Å²) >= 11 is 6.71. The number of hydrogen-bond donors (Lipinski definition) is 1. The zero-order valence-electron chi connectivity index (χ0n) is 18.2. The fourth-order valence-corrected chi connectivity index (χ4v) is 4.48. The van der Waals surface area contributed by atoms with E-state index in [0.29, 0.717) is 15.0 Å². The van der Waals surface area contributed by atoms with E-state index in [-0.39, 0.29) is 18.4 Å². The first-order chi connectivity index (χ1) is 15.9. The Labute approximate surface area is 202 Å². The predicted octanol–water partition coefficient (Wildman–Crippen LogP) is 5.73. The highest BCUT2D eigenvalue weighted by atomic mass is 32.2. The minimum Gasteiger partial charge on any atom is -0.484 e. The maximum absolute atomic E-state index is 12.9. The summed E-state index contributed by atoms with van der Waals surface area (Å²) < 4.78 is 6.09. The Kier molecular flexibility index (Phi) is 6.91. The average Bonchev–Trinajstić information content (AvgIpc) is 3.08. The number of ether oxygens (including phenoxy) is 1. The number of hydrogen-bond acceptors (Lipinski definition) is 5. The zero-order valence-corrected chi connectivity index (χ0v) is 19.8. The quantitative estimate of drug-likeness (QED) is 0.365. The van der Waals surface area contributed by atoms with Crippen LogP contribution in [0, 0.1) is 13.8 Å². The van der Waals surface area contributed by atoms with Crippen molar-refractivity contribution in [3.8, 4) is 5.75 Å². The van der Waals surface area contributed by atoms with Crippen molar-refractivity contribution in [1.29, 1.82) is 0 Å². The molecule has 5 nitrogen and oxygen atoms in total. The molecule has 1 N–H and O–H groups in total. The molecule has 0 saturated carbocycles. The molecule has 33 heavy (non-hydrogen) atoms. The van der Waals surface area contributed by atoms with Gasteiger partial charge in [-0.25, -0.2) is 0 Å². The van der Waals surface area contributed by atoms with Crippen LogP contribution in [0.2, 0.25) is 0 Å². The lowest BCUT2D eigenvalue weighted by atomic mass is 10.2. The molecule has 7 heteroatoms. The molecule has 0 bridgehead atoms. The molecule has 0 unspecified atom stereocenters. The van der Waals surface area contributed by atoms with Gasteiger partial charge >= 0.3 is 0 Å². The number of nitrogens with zero attached hydrogens (tertiary/aromatic N) is 1. The molecule has 3 aromatic rings. The van der Waals surface area contributed by atoms with E-state index in [1.165, 1.54) is 11.8 Å². The summed E-state index contributed by atoms with van der Waals surface area (Å²) in [6.45, 7) is 3.89. The van der Waals surface area contributed by atoms with Gasteiger partial charge in [-0.15, -0.1) is 0 Å². The van der Waals surface area contributed by atoms with Crippen LogP contribution in [-0.4, -0.2) is 22.7 Å². The van der Waals surface area contributed by atoms with Gasteiger partial charge in [0.15, 0.2) is 10.9 Å². The number of anilines is 2. The van der Waals surface area contributed by atoms with Crippen LogP contribution in [0.4, 0.5) is 11.4 Å². The van der Waals surface area contributed by atoms with Crippen LogP contribution in [0.1, 0.15) is 16.7 Å². The van der Waals surface area contributed by atoms with Crippen molar-refractivity contribution in [2.45, 2.75) is 13.8 Å². The SMILES string of the molecule is Cc1ccc(NC(=O)COc2ccc(/C=C3\SC(=S)N(c4ccc(C)cc4)C3=O)cc2)cc1. The topological polar surface area (TPSA) is 58.6 Å². The van der Waals surface area contributed by atoms with Gasteiger partial charge in [-0.05, 0) is 61.9 Å². The van der Waals surface area contributed by atoms with Crippen molar-refractivity contribution in [3.05, 3.63) is 94.4 Å². The van der Waals surface area contributed by atoms with E-state index in [0.717, 1.165) is 28.1 Å². The van der Waals surface area contributed by atoms with Gasteiger partial charge < -0.3 is 10.1 Å². The van der Waals surface area contributed by atoms with Crippen molar-refractivity contribution in [2.24, 2.45) is 0 Å². The van der Waals surface area contributed by atoms with Gasteiger partial charge in [0.1, 0.15) is 5.75 Å². The molecule has 1 saturated heterocycles. The second kappa shape index (κ2) is 10.0. The number of aryl methyl sites for hydroxylation is 2. The Bertz CT molecular complexity index is 1220. The van der Waals surface area contributed by atoms with Crippen LogP contribution in [0.5, 0.6) is 5.75 Å². The fourth-order valence-electron chi connectivity index (χ4n) is 3.18. The van der Waals surface area contributed by atoms with Gasteiger partial charge in [-0.3, -0.25) is 14.5 Å². The second-order valence-corrected chi connectivity index (χ2v) is 9.30. The summed E-state index contributed by atoms with van der Waals surface area (Å²) in [5.41, 5.74) is 4.58. The third-order valence-corrected chi connectivity index (χ3v) is 6.27. The lowest BCUT2D eigenvalue weighted by molar-refractivity contribution is -0.118. The molecule has 0 aliphatic carbocycles. The number of carbonyl (C=O) groups is 2. The van der Waals surface area contributed by atoms with Gasteiger partial charge in [-0.2, -0.15) is 0 Å². The summed E-state index contributed by atoms with van der Waals surface area (Å²) in [5, 5.41) is 2.80. The monoisotopic (exact) mass is 474 g/mol. The summed E-state index contributed by atoms with van der Waals surface area (Å²) in [7, 11) is 0. The molecule has 0 aromatic heterocycles. The van der Waals surface area contributed by atoms with Gasteiger partial charge in [0.25, 0.3) is 11.8 Å². The number of benzene rings is 3. The molecule has 0 radical (unpaired) electrons. The first kappa shape index (κ1) is 22.8. The average molecular weight is 475 g/mol. The standard InChI is InChI=1S/C26H22N2O3S2/c1-17-3-9-20(10-4-17)27-24(29)16-31-22-13-7-19(8-14-22)15-23-25(30)28(26(32)33-23)21-11-5-18(2)6-12-21/h3-15H,16H2,1-2H3,(H,27,29)/b23-15-. The second-order valence-electron chi connectivity index (χ2n) is 7.62. The van der Waals surface area contributed by atoms with Crippen molar-refractivity contribution in [1.82, 2.24) is 0 Å². The highest BCUT2D eigenvalue weighted by Crippen LogP contribution is 2.36. The summed E-state index contributed by atoms with van der Waals surface area (Å²) in [5.74, 6) is 0.197. The van der Waals surface area contributed by atoms with Crippen LogP contribution < -0.4 is 15.0 Å². The fraction of sp³-hybridized carbons (Fsp3) is 0.115. The lowest BCUT2D eigenvalue weighted by Gasteiger charge is -2.14. The molecule has 0 spiro atoms. The number of thioether (sulfide) groups is 1. The van der Waals surface area contributed by atoms with Crippen LogP contribution in [-0.2, 0) is 9.59 Å². The minimum atomic E-state index is -0.234. The van der Waals surface area contributed by atoms with E-state index >= 15 is 0 Å². The molecule has 1 heterocycles. The minimum absolute atomic E-state index is 0.0948. The van der Waals surface area contributed by atoms with Gasteiger partial charge in [0.05, 0.1) is 10.6 Å². The van der Waals surface area contributed by atoms with Crippen LogP contribution in [0.25, 0.3) is 6.08 Å². The predicted molar refractivity (Wildman–Crippen MR) is 139 cm³/mol. The van der Waals surface area contributed by atoms with Crippen LogP contribution in [0.3, 0.4) is 0 Å². The maximum Gasteiger partial charge on any atom is 0.270 e. The summed E-state index contributed by atoms with van der Waals surface area (Å²) in [6, 6.07) is 22.5.